The molecule has 1 amide bonds. The zero-order chi connectivity index (χ0) is 13.8. The molecule has 6 heteroatoms. The highest BCUT2D eigenvalue weighted by Crippen LogP contribution is 2.18. The summed E-state index contributed by atoms with van der Waals surface area (Å²) in [7, 11) is 0. The van der Waals surface area contributed by atoms with Crippen LogP contribution in [0.25, 0.3) is 0 Å². The number of halogens is 2. The molecule has 2 aromatic rings. The Bertz CT molecular complexity index is 598. The van der Waals surface area contributed by atoms with Crippen LogP contribution in [0.15, 0.2) is 33.3 Å². The molecule has 0 bridgehead atoms. The summed E-state index contributed by atoms with van der Waals surface area (Å²) >= 11 is 3.15. The summed E-state index contributed by atoms with van der Waals surface area (Å²) < 4.78 is 18.7. The molecule has 1 aromatic carbocycles. The van der Waals surface area contributed by atoms with Crippen LogP contribution in [0, 0.1) is 5.82 Å². The van der Waals surface area contributed by atoms with Crippen molar-refractivity contribution in [3.63, 3.8) is 0 Å². The molecule has 0 aliphatic rings. The van der Waals surface area contributed by atoms with E-state index in [-0.39, 0.29) is 12.5 Å². The average molecular weight is 327 g/mol. The van der Waals surface area contributed by atoms with E-state index in [1.54, 1.807) is 6.20 Å². The second kappa shape index (κ2) is 5.97. The summed E-state index contributed by atoms with van der Waals surface area (Å²) in [5, 5.41) is 2.67. The molecular formula is C13H12BrFN2O2. The van der Waals surface area contributed by atoms with Gasteiger partial charge in [0.05, 0.1) is 18.3 Å². The van der Waals surface area contributed by atoms with E-state index in [0.29, 0.717) is 15.9 Å². The largest absolute Gasteiger partial charge is 0.444 e. The molecule has 1 aromatic heterocycles. The van der Waals surface area contributed by atoms with E-state index in [0.717, 1.165) is 12.2 Å². The Labute approximate surface area is 118 Å². The van der Waals surface area contributed by atoms with Crippen LogP contribution < -0.4 is 5.32 Å². The van der Waals surface area contributed by atoms with Gasteiger partial charge in [-0.3, -0.25) is 4.79 Å². The van der Waals surface area contributed by atoms with Gasteiger partial charge in [-0.2, -0.15) is 0 Å². The number of carbonyl (C=O) groups excluding carboxylic acids is 1. The fourth-order valence-electron chi connectivity index (χ4n) is 1.52. The van der Waals surface area contributed by atoms with Crippen LogP contribution in [0.5, 0.6) is 0 Å². The monoisotopic (exact) mass is 326 g/mol. The molecule has 0 atom stereocenters. The van der Waals surface area contributed by atoms with E-state index in [1.807, 2.05) is 6.92 Å². The van der Waals surface area contributed by atoms with Gasteiger partial charge in [-0.05, 0) is 34.1 Å². The number of nitrogens with one attached hydrogen (secondary N) is 1. The van der Waals surface area contributed by atoms with Crippen molar-refractivity contribution in [1.82, 2.24) is 10.3 Å². The van der Waals surface area contributed by atoms with Crippen molar-refractivity contribution < 1.29 is 13.6 Å². The number of oxazole rings is 1. The predicted octanol–water partition coefficient (Wildman–Crippen LogP) is 3.07. The molecule has 0 saturated carbocycles. The van der Waals surface area contributed by atoms with Gasteiger partial charge in [0.2, 0.25) is 5.89 Å². The molecule has 0 unspecified atom stereocenters. The van der Waals surface area contributed by atoms with Crippen LogP contribution in [0.1, 0.15) is 28.9 Å². The molecule has 0 fully saturated rings. The van der Waals surface area contributed by atoms with Crippen molar-refractivity contribution >= 4 is 21.8 Å². The van der Waals surface area contributed by atoms with Crippen molar-refractivity contribution in [1.29, 1.82) is 0 Å². The molecule has 0 aliphatic heterocycles. The van der Waals surface area contributed by atoms with Gasteiger partial charge in [0.25, 0.3) is 5.91 Å². The van der Waals surface area contributed by atoms with Crippen molar-refractivity contribution in [2.45, 2.75) is 19.9 Å². The fourth-order valence-corrected chi connectivity index (χ4v) is 2.05. The molecule has 19 heavy (non-hydrogen) atoms. The van der Waals surface area contributed by atoms with Gasteiger partial charge in [-0.25, -0.2) is 9.37 Å². The SMILES string of the molecule is CCc1cnc(CNC(=O)c2ccc(F)cc2Br)o1. The van der Waals surface area contributed by atoms with E-state index in [2.05, 4.69) is 26.2 Å². The molecule has 2 rings (SSSR count). The lowest BCUT2D eigenvalue weighted by Crippen LogP contribution is -2.23. The summed E-state index contributed by atoms with van der Waals surface area (Å²) in [6.07, 6.45) is 2.39. The topological polar surface area (TPSA) is 55.1 Å². The number of carbonyl (C=O) groups is 1. The third kappa shape index (κ3) is 3.41. The summed E-state index contributed by atoms with van der Waals surface area (Å²) in [5.74, 6) is 0.502. The first kappa shape index (κ1) is 13.7. The van der Waals surface area contributed by atoms with Gasteiger partial charge in [0.1, 0.15) is 11.6 Å². The minimum atomic E-state index is -0.399. The number of hydrogen-bond donors (Lipinski definition) is 1. The highest BCUT2D eigenvalue weighted by molar-refractivity contribution is 9.10. The molecule has 0 spiro atoms. The van der Waals surface area contributed by atoms with Gasteiger partial charge < -0.3 is 9.73 Å². The Morgan fingerprint density at radius 2 is 2.32 bits per heavy atom. The molecule has 0 aliphatic carbocycles. The van der Waals surface area contributed by atoms with Crippen molar-refractivity contribution in [3.8, 4) is 0 Å². The Morgan fingerprint density at radius 1 is 1.53 bits per heavy atom. The average Bonchev–Trinajstić information content (AvgIpc) is 2.84. The standard InChI is InChI=1S/C13H12BrFN2O2/c1-2-9-6-16-12(19-9)7-17-13(18)10-4-3-8(15)5-11(10)14/h3-6H,2,7H2,1H3,(H,17,18). The second-order valence-electron chi connectivity index (χ2n) is 3.88. The lowest BCUT2D eigenvalue weighted by molar-refractivity contribution is 0.0946. The van der Waals surface area contributed by atoms with Crippen LogP contribution >= 0.6 is 15.9 Å². The van der Waals surface area contributed by atoms with Crippen LogP contribution in [-0.2, 0) is 13.0 Å². The normalized spacial score (nSPS) is 10.5. The van der Waals surface area contributed by atoms with E-state index in [9.17, 15) is 9.18 Å². The summed E-state index contributed by atoms with van der Waals surface area (Å²) in [6.45, 7) is 2.15. The maximum absolute atomic E-state index is 12.9. The molecular weight excluding hydrogens is 315 g/mol. The van der Waals surface area contributed by atoms with E-state index >= 15 is 0 Å². The number of rotatable bonds is 4. The van der Waals surface area contributed by atoms with Crippen molar-refractivity contribution in [3.05, 3.63) is 51.9 Å². The maximum atomic E-state index is 12.9. The smallest absolute Gasteiger partial charge is 0.252 e. The lowest BCUT2D eigenvalue weighted by Gasteiger charge is -2.05. The molecule has 1 N–H and O–H groups in total. The van der Waals surface area contributed by atoms with E-state index in [1.165, 1.54) is 18.2 Å². The van der Waals surface area contributed by atoms with Gasteiger partial charge in [-0.1, -0.05) is 6.92 Å². The van der Waals surface area contributed by atoms with Gasteiger partial charge in [0, 0.05) is 10.9 Å². The van der Waals surface area contributed by atoms with Gasteiger partial charge in [-0.15, -0.1) is 0 Å². The van der Waals surface area contributed by atoms with Gasteiger partial charge >= 0.3 is 0 Å². The Morgan fingerprint density at radius 3 is 2.95 bits per heavy atom. The van der Waals surface area contributed by atoms with Crippen molar-refractivity contribution in [2.75, 3.05) is 0 Å². The Balaban J connectivity index is 2.01. The fraction of sp³-hybridized carbons (Fsp3) is 0.231. The molecule has 4 nitrogen and oxygen atoms in total. The first-order valence-corrected chi connectivity index (χ1v) is 6.56. The zero-order valence-electron chi connectivity index (χ0n) is 10.2. The van der Waals surface area contributed by atoms with Gasteiger partial charge in [0.15, 0.2) is 0 Å². The zero-order valence-corrected chi connectivity index (χ0v) is 11.8. The highest BCUT2D eigenvalue weighted by atomic mass is 79.9. The molecule has 0 radical (unpaired) electrons. The Hall–Kier alpha value is -1.69. The van der Waals surface area contributed by atoms with Crippen LogP contribution in [-0.4, -0.2) is 10.9 Å². The number of benzene rings is 1. The number of nitrogens with zero attached hydrogens (tertiary/aromatic N) is 1. The Kier molecular flexibility index (Phi) is 4.31. The maximum Gasteiger partial charge on any atom is 0.252 e. The predicted molar refractivity (Wildman–Crippen MR) is 71.2 cm³/mol. The third-order valence-electron chi connectivity index (χ3n) is 2.53. The highest BCUT2D eigenvalue weighted by Gasteiger charge is 2.11. The molecule has 1 heterocycles. The minimum absolute atomic E-state index is 0.197. The number of aromatic nitrogens is 1. The molecule has 100 valence electrons. The number of amides is 1. The minimum Gasteiger partial charge on any atom is -0.444 e. The summed E-state index contributed by atoms with van der Waals surface area (Å²) in [4.78, 5) is 15.9. The second-order valence-corrected chi connectivity index (χ2v) is 4.74. The number of aryl methyl sites for hydroxylation is 1. The summed E-state index contributed by atoms with van der Waals surface area (Å²) in [6, 6.07) is 3.90. The first-order chi connectivity index (χ1) is 9.10. The van der Waals surface area contributed by atoms with Crippen LogP contribution in [0.3, 0.4) is 0 Å². The molecule has 0 saturated heterocycles. The van der Waals surface area contributed by atoms with Crippen LogP contribution in [0.4, 0.5) is 4.39 Å². The summed E-state index contributed by atoms with van der Waals surface area (Å²) in [5.41, 5.74) is 0.365. The lowest BCUT2D eigenvalue weighted by atomic mass is 10.2. The van der Waals surface area contributed by atoms with E-state index < -0.39 is 5.82 Å². The van der Waals surface area contributed by atoms with Crippen LogP contribution in [0.2, 0.25) is 0 Å². The van der Waals surface area contributed by atoms with E-state index in [4.69, 9.17) is 4.42 Å². The third-order valence-corrected chi connectivity index (χ3v) is 3.18. The number of hydrogen-bond acceptors (Lipinski definition) is 3. The van der Waals surface area contributed by atoms with Crippen molar-refractivity contribution in [2.24, 2.45) is 0 Å². The first-order valence-electron chi connectivity index (χ1n) is 5.77. The quantitative estimate of drug-likeness (QED) is 0.939.